The predicted molar refractivity (Wildman–Crippen MR) is 233 cm³/mol. The quantitative estimate of drug-likeness (QED) is 0.176. The highest BCUT2D eigenvalue weighted by atomic mass is 16.5. The molecule has 0 amide bonds. The maximum Gasteiger partial charge on any atom is 0.164 e. The van der Waals surface area contributed by atoms with Gasteiger partial charge < -0.3 is 9.47 Å². The molecule has 0 spiro atoms. The molecule has 0 bridgehead atoms. The van der Waals surface area contributed by atoms with E-state index in [1.54, 1.807) is 0 Å². The third kappa shape index (κ3) is 5.14. The van der Waals surface area contributed by atoms with Crippen LogP contribution in [0.5, 0.6) is 23.0 Å². The van der Waals surface area contributed by atoms with Crippen LogP contribution in [0.15, 0.2) is 188 Å². The number of benzene rings is 9. The van der Waals surface area contributed by atoms with E-state index in [2.05, 4.69) is 133 Å². The Kier molecular flexibility index (Phi) is 7.16. The first-order valence-electron chi connectivity index (χ1n) is 19.4. The lowest BCUT2D eigenvalue weighted by molar-refractivity contribution is 0.487. The third-order valence-corrected chi connectivity index (χ3v) is 11.3. The summed E-state index contributed by atoms with van der Waals surface area (Å²) >= 11 is 0. The largest absolute Gasteiger partial charge is 0.456 e. The number of hydrogen-bond acceptors (Lipinski definition) is 5. The van der Waals surface area contributed by atoms with Crippen molar-refractivity contribution in [2.24, 2.45) is 0 Å². The van der Waals surface area contributed by atoms with Crippen molar-refractivity contribution in [2.75, 3.05) is 0 Å². The molecule has 10 aromatic rings. The van der Waals surface area contributed by atoms with Crippen molar-refractivity contribution in [3.05, 3.63) is 188 Å². The minimum absolute atomic E-state index is 0.556. The number of aromatic nitrogens is 3. The molecule has 270 valence electrons. The Hall–Kier alpha value is -7.89. The lowest BCUT2D eigenvalue weighted by Crippen LogP contribution is -2.02. The second-order valence-corrected chi connectivity index (χ2v) is 14.7. The first-order chi connectivity index (χ1) is 28.7. The van der Waals surface area contributed by atoms with Gasteiger partial charge in [-0.05, 0) is 80.6 Å². The molecule has 0 radical (unpaired) electrons. The predicted octanol–water partition coefficient (Wildman–Crippen LogP) is 14.1. The van der Waals surface area contributed by atoms with Gasteiger partial charge in [-0.25, -0.2) is 15.0 Å². The summed E-state index contributed by atoms with van der Waals surface area (Å²) in [5, 5.41) is 4.56. The molecule has 0 fully saturated rings. The molecule has 0 saturated carbocycles. The SMILES string of the molecule is c1ccc(-c2nc(-c3ccc4c(c3)Oc3ccc(-c5ccccc5)c5cccc-4c35)nc(-c3ccc4c(c3)Oc3ccc(-c5ccccc5)c5cccc-4c35)n2)cc1. The highest BCUT2D eigenvalue weighted by molar-refractivity contribution is 6.11. The van der Waals surface area contributed by atoms with Crippen LogP contribution < -0.4 is 9.47 Å². The van der Waals surface area contributed by atoms with E-state index in [0.717, 1.165) is 83.5 Å². The molecule has 0 saturated heterocycles. The standard InChI is InChI=1S/C53H31N3O2/c1-4-12-32(13-5-1)37-26-28-45-49-41(37)18-10-20-43(49)39-24-22-35(30-47(39)57-45)52-54-51(34-16-8-3-9-17-34)55-53(56-52)36-23-25-40-44-21-11-19-42-38(33-14-6-2-7-15-33)27-29-46(50(42)44)58-48(40)31-36/h1-31H. The Morgan fingerprint density at radius 1 is 0.259 bits per heavy atom. The van der Waals surface area contributed by atoms with E-state index in [1.807, 2.05) is 54.6 Å². The van der Waals surface area contributed by atoms with Crippen LogP contribution >= 0.6 is 0 Å². The van der Waals surface area contributed by atoms with Crippen LogP contribution in [0.4, 0.5) is 0 Å². The van der Waals surface area contributed by atoms with Gasteiger partial charge in [0.15, 0.2) is 17.5 Å². The molecule has 5 heteroatoms. The van der Waals surface area contributed by atoms with Crippen LogP contribution in [0, 0.1) is 0 Å². The molecule has 2 aliphatic heterocycles. The van der Waals surface area contributed by atoms with E-state index in [9.17, 15) is 0 Å². The van der Waals surface area contributed by atoms with Crippen molar-refractivity contribution in [3.8, 4) is 102 Å². The smallest absolute Gasteiger partial charge is 0.164 e. The van der Waals surface area contributed by atoms with E-state index >= 15 is 0 Å². The zero-order chi connectivity index (χ0) is 38.2. The summed E-state index contributed by atoms with van der Waals surface area (Å²) in [6.07, 6.45) is 0. The molecule has 12 rings (SSSR count). The molecule has 58 heavy (non-hydrogen) atoms. The van der Waals surface area contributed by atoms with Gasteiger partial charge in [0.2, 0.25) is 0 Å². The normalized spacial score (nSPS) is 12.1. The molecule has 0 N–H and O–H groups in total. The van der Waals surface area contributed by atoms with Gasteiger partial charge >= 0.3 is 0 Å². The zero-order valence-corrected chi connectivity index (χ0v) is 31.1. The third-order valence-electron chi connectivity index (χ3n) is 11.3. The molecule has 5 nitrogen and oxygen atoms in total. The van der Waals surface area contributed by atoms with Crippen LogP contribution in [0.1, 0.15) is 0 Å². The summed E-state index contributed by atoms with van der Waals surface area (Å²) in [6, 6.07) is 65.0. The van der Waals surface area contributed by atoms with Crippen LogP contribution in [-0.2, 0) is 0 Å². The van der Waals surface area contributed by atoms with Gasteiger partial charge in [-0.15, -0.1) is 0 Å². The highest BCUT2D eigenvalue weighted by Crippen LogP contribution is 2.51. The van der Waals surface area contributed by atoms with E-state index in [-0.39, 0.29) is 0 Å². The van der Waals surface area contributed by atoms with E-state index in [1.165, 1.54) is 22.3 Å². The lowest BCUT2D eigenvalue weighted by atomic mass is 9.90. The summed E-state index contributed by atoms with van der Waals surface area (Å²) < 4.78 is 13.4. The summed E-state index contributed by atoms with van der Waals surface area (Å²) in [5.41, 5.74) is 11.6. The second kappa shape index (κ2) is 12.8. The van der Waals surface area contributed by atoms with Crippen LogP contribution in [0.3, 0.4) is 0 Å². The number of ether oxygens (including phenoxy) is 2. The van der Waals surface area contributed by atoms with Crippen molar-refractivity contribution >= 4 is 21.5 Å². The van der Waals surface area contributed by atoms with Gasteiger partial charge in [-0.3, -0.25) is 0 Å². The molecule has 0 unspecified atom stereocenters. The molecule has 1 aromatic heterocycles. The molecule has 3 heterocycles. The fourth-order valence-electron chi connectivity index (χ4n) is 8.63. The van der Waals surface area contributed by atoms with Gasteiger partial charge in [0.25, 0.3) is 0 Å². The fraction of sp³-hybridized carbons (Fsp3) is 0. The van der Waals surface area contributed by atoms with Crippen LogP contribution in [-0.4, -0.2) is 15.0 Å². The van der Waals surface area contributed by atoms with Crippen molar-refractivity contribution < 1.29 is 9.47 Å². The monoisotopic (exact) mass is 741 g/mol. The highest BCUT2D eigenvalue weighted by Gasteiger charge is 2.25. The maximum atomic E-state index is 6.69. The van der Waals surface area contributed by atoms with Gasteiger partial charge in [0.1, 0.15) is 23.0 Å². The van der Waals surface area contributed by atoms with E-state index < -0.39 is 0 Å². The Morgan fingerprint density at radius 3 is 1.10 bits per heavy atom. The Labute approximate surface area is 334 Å². The molecule has 0 atom stereocenters. The first kappa shape index (κ1) is 32.4. The topological polar surface area (TPSA) is 57.1 Å². The van der Waals surface area contributed by atoms with E-state index in [4.69, 9.17) is 24.4 Å². The van der Waals surface area contributed by atoms with Gasteiger partial charge in [-0.1, -0.05) is 152 Å². The molecule has 2 aliphatic rings. The van der Waals surface area contributed by atoms with Crippen molar-refractivity contribution in [1.82, 2.24) is 15.0 Å². The fourth-order valence-corrected chi connectivity index (χ4v) is 8.63. The molecule has 0 aliphatic carbocycles. The lowest BCUT2D eigenvalue weighted by Gasteiger charge is -2.23. The van der Waals surface area contributed by atoms with E-state index in [0.29, 0.717) is 17.5 Å². The second-order valence-electron chi connectivity index (χ2n) is 14.7. The Morgan fingerprint density at radius 2 is 0.655 bits per heavy atom. The number of fused-ring (bicyclic) bond motifs is 4. The van der Waals surface area contributed by atoms with Crippen LogP contribution in [0.2, 0.25) is 0 Å². The first-order valence-corrected chi connectivity index (χ1v) is 19.4. The summed E-state index contributed by atoms with van der Waals surface area (Å²) in [7, 11) is 0. The average Bonchev–Trinajstić information content (AvgIpc) is 3.30. The summed E-state index contributed by atoms with van der Waals surface area (Å²) in [5.74, 6) is 4.89. The average molecular weight is 742 g/mol. The minimum Gasteiger partial charge on any atom is -0.456 e. The minimum atomic E-state index is 0.556. The molecular formula is C53H31N3O2. The molecular weight excluding hydrogens is 711 g/mol. The van der Waals surface area contributed by atoms with Crippen LogP contribution in [0.25, 0.3) is 100 Å². The number of rotatable bonds is 5. The summed E-state index contributed by atoms with van der Waals surface area (Å²) in [4.78, 5) is 15.2. The van der Waals surface area contributed by atoms with Gasteiger partial charge in [0.05, 0.1) is 0 Å². The zero-order valence-electron chi connectivity index (χ0n) is 31.1. The Bertz CT molecular complexity index is 3080. The van der Waals surface area contributed by atoms with Crippen molar-refractivity contribution in [1.29, 1.82) is 0 Å². The number of nitrogens with zero attached hydrogens (tertiary/aromatic N) is 3. The van der Waals surface area contributed by atoms with Crippen molar-refractivity contribution in [3.63, 3.8) is 0 Å². The Balaban J connectivity index is 0.962. The number of hydrogen-bond donors (Lipinski definition) is 0. The summed E-state index contributed by atoms with van der Waals surface area (Å²) in [6.45, 7) is 0. The molecule has 9 aromatic carbocycles. The van der Waals surface area contributed by atoms with Crippen molar-refractivity contribution in [2.45, 2.75) is 0 Å². The maximum absolute atomic E-state index is 6.69. The van der Waals surface area contributed by atoms with Gasteiger partial charge in [0, 0.05) is 38.6 Å². The van der Waals surface area contributed by atoms with Gasteiger partial charge in [-0.2, -0.15) is 0 Å².